The number of benzene rings is 3. The van der Waals surface area contributed by atoms with Gasteiger partial charge in [-0.25, -0.2) is 4.90 Å². The first-order chi connectivity index (χ1) is 21.9. The summed E-state index contributed by atoms with van der Waals surface area (Å²) in [5, 5.41) is 0.981. The fourth-order valence-electron chi connectivity index (χ4n) is 8.54. The number of anilines is 1. The Balaban J connectivity index is 1.40. The van der Waals surface area contributed by atoms with E-state index in [0.717, 1.165) is 38.8 Å². The van der Waals surface area contributed by atoms with Gasteiger partial charge in [0.1, 0.15) is 5.75 Å². The van der Waals surface area contributed by atoms with Crippen molar-refractivity contribution < 1.29 is 14.3 Å². The number of hydrogen-bond acceptors (Lipinski definition) is 6. The van der Waals surface area contributed by atoms with Crippen molar-refractivity contribution in [2.24, 2.45) is 17.8 Å². The van der Waals surface area contributed by atoms with Crippen molar-refractivity contribution >= 4 is 29.3 Å². The first-order valence-electron chi connectivity index (χ1n) is 15.7. The molecule has 2 saturated heterocycles. The molecule has 7 nitrogen and oxygen atoms in total. The Hall–Kier alpha value is -4.14. The van der Waals surface area contributed by atoms with Gasteiger partial charge in [-0.15, -0.1) is 11.8 Å². The lowest BCUT2D eigenvalue weighted by atomic mass is 9.57. The Morgan fingerprint density at radius 3 is 2.16 bits per heavy atom. The number of hydrogen-bond donors (Lipinski definition) is 0. The second kappa shape index (κ2) is 10.7. The standard InChI is InChI=1S/C37H35N3O4S/c1-21(2)32-28-27-26(23-10-6-4-7-11-23)37-38(18-19-45-37)34(41)30(27)33(39(32)20-22-14-16-25(44-3)17-15-22)31-29(28)35(42)40(36(31)43)24-12-8-5-9-13-24/h4-17,21,28-29,31-33H,18-20H2,1-3H3/t28-,29+,31+,32-,33+/m0/s1. The number of imide groups is 1. The fraction of sp³-hybridized carbons (Fsp3) is 0.324. The predicted molar refractivity (Wildman–Crippen MR) is 175 cm³/mol. The highest BCUT2D eigenvalue weighted by Gasteiger charge is 2.67. The van der Waals surface area contributed by atoms with E-state index in [0.29, 0.717) is 24.3 Å². The number of amides is 2. The largest absolute Gasteiger partial charge is 0.497 e. The van der Waals surface area contributed by atoms with Crippen LogP contribution in [0.3, 0.4) is 0 Å². The Morgan fingerprint density at radius 1 is 0.822 bits per heavy atom. The van der Waals surface area contributed by atoms with Crippen molar-refractivity contribution in [2.45, 2.75) is 50.0 Å². The summed E-state index contributed by atoms with van der Waals surface area (Å²) in [7, 11) is 1.65. The zero-order valence-electron chi connectivity index (χ0n) is 25.6. The van der Waals surface area contributed by atoms with Gasteiger partial charge in [0, 0.05) is 41.9 Å². The summed E-state index contributed by atoms with van der Waals surface area (Å²) in [4.78, 5) is 47.6. The molecule has 4 aromatic rings. The Bertz CT molecular complexity index is 1870. The lowest BCUT2D eigenvalue weighted by Crippen LogP contribution is -2.61. The van der Waals surface area contributed by atoms with E-state index in [-0.39, 0.29) is 35.3 Å². The molecule has 4 aliphatic heterocycles. The van der Waals surface area contributed by atoms with E-state index in [9.17, 15) is 14.4 Å². The van der Waals surface area contributed by atoms with Crippen LogP contribution in [0.25, 0.3) is 11.1 Å². The van der Waals surface area contributed by atoms with Gasteiger partial charge >= 0.3 is 0 Å². The molecule has 0 saturated carbocycles. The van der Waals surface area contributed by atoms with Crippen molar-refractivity contribution in [3.05, 3.63) is 112 Å². The number of methoxy groups -OCH3 is 1. The van der Waals surface area contributed by atoms with Crippen LogP contribution >= 0.6 is 11.8 Å². The molecule has 45 heavy (non-hydrogen) atoms. The SMILES string of the molecule is COc1ccc(CN2[C@@H]3c4c(c(-c5ccccc5)c5n(c4=O)CCS5)[C@@H]([C@H]4C(=O)N(c5ccccc5)C(=O)[C@H]43)[C@@H]2C(C)C)cc1. The van der Waals surface area contributed by atoms with E-state index in [1.807, 2.05) is 65.2 Å². The van der Waals surface area contributed by atoms with E-state index in [1.165, 1.54) is 4.90 Å². The van der Waals surface area contributed by atoms with Gasteiger partial charge in [-0.1, -0.05) is 74.5 Å². The summed E-state index contributed by atoms with van der Waals surface area (Å²) in [6, 6.07) is 27.0. The van der Waals surface area contributed by atoms with Crippen LogP contribution in [-0.2, 0) is 22.7 Å². The van der Waals surface area contributed by atoms with Crippen LogP contribution in [0.5, 0.6) is 5.75 Å². The van der Waals surface area contributed by atoms with Gasteiger partial charge in [-0.2, -0.15) is 0 Å². The van der Waals surface area contributed by atoms with Gasteiger partial charge < -0.3 is 9.30 Å². The minimum Gasteiger partial charge on any atom is -0.497 e. The van der Waals surface area contributed by atoms with Gasteiger partial charge in [0.05, 0.1) is 35.7 Å². The van der Waals surface area contributed by atoms with Crippen LogP contribution in [0.2, 0.25) is 0 Å². The first-order valence-corrected chi connectivity index (χ1v) is 16.7. The van der Waals surface area contributed by atoms with Crippen molar-refractivity contribution in [1.82, 2.24) is 9.47 Å². The zero-order chi connectivity index (χ0) is 31.0. The quantitative estimate of drug-likeness (QED) is 0.243. The summed E-state index contributed by atoms with van der Waals surface area (Å²) in [5.41, 5.74) is 5.45. The third kappa shape index (κ3) is 4.11. The van der Waals surface area contributed by atoms with E-state index in [1.54, 1.807) is 18.9 Å². The average molecular weight is 618 g/mol. The molecule has 8 heteroatoms. The molecule has 5 atom stereocenters. The summed E-state index contributed by atoms with van der Waals surface area (Å²) in [5.74, 6) is -0.127. The van der Waals surface area contributed by atoms with E-state index in [2.05, 4.69) is 43.0 Å². The van der Waals surface area contributed by atoms with Gasteiger partial charge in [-0.05, 0) is 46.9 Å². The van der Waals surface area contributed by atoms with Gasteiger partial charge in [0.15, 0.2) is 0 Å². The molecule has 0 spiro atoms. The van der Waals surface area contributed by atoms with Crippen LogP contribution < -0.4 is 15.2 Å². The third-order valence-electron chi connectivity index (χ3n) is 10.2. The molecule has 2 amide bonds. The molecular formula is C37H35N3O4S. The van der Waals surface area contributed by atoms with Crippen molar-refractivity contribution in [3.63, 3.8) is 0 Å². The molecule has 228 valence electrons. The Morgan fingerprint density at radius 2 is 1.49 bits per heavy atom. The highest BCUT2D eigenvalue weighted by atomic mass is 32.2. The Labute approximate surface area is 266 Å². The highest BCUT2D eigenvalue weighted by molar-refractivity contribution is 7.99. The molecular weight excluding hydrogens is 582 g/mol. The molecule has 0 N–H and O–H groups in total. The molecule has 0 radical (unpaired) electrons. The maximum absolute atomic E-state index is 14.7. The monoisotopic (exact) mass is 617 g/mol. The third-order valence-corrected chi connectivity index (χ3v) is 11.3. The van der Waals surface area contributed by atoms with E-state index < -0.39 is 17.9 Å². The zero-order valence-corrected chi connectivity index (χ0v) is 26.4. The molecule has 2 fully saturated rings. The lowest BCUT2D eigenvalue weighted by Gasteiger charge is -2.57. The van der Waals surface area contributed by atoms with Gasteiger partial charge in [0.2, 0.25) is 11.8 Å². The van der Waals surface area contributed by atoms with Gasteiger partial charge in [-0.3, -0.25) is 19.3 Å². The minimum atomic E-state index is -0.646. The number of carbonyl (C=O) groups excluding carboxylic acids is 2. The van der Waals surface area contributed by atoms with E-state index >= 15 is 0 Å². The topological polar surface area (TPSA) is 71.8 Å². The number of fused-ring (bicyclic) bond motifs is 2. The number of ether oxygens (including phenoxy) is 1. The van der Waals surface area contributed by atoms with Crippen molar-refractivity contribution in [3.8, 4) is 16.9 Å². The molecule has 9 rings (SSSR count). The Kier molecular flexibility index (Phi) is 6.76. The number of carbonyl (C=O) groups is 2. The number of thioether (sulfide) groups is 1. The number of piperidine rings is 1. The summed E-state index contributed by atoms with van der Waals surface area (Å²) < 4.78 is 7.34. The second-order valence-electron chi connectivity index (χ2n) is 12.8. The van der Waals surface area contributed by atoms with Crippen molar-refractivity contribution in [2.75, 3.05) is 17.8 Å². The van der Waals surface area contributed by atoms with Crippen LogP contribution in [0.1, 0.15) is 42.5 Å². The average Bonchev–Trinajstić information content (AvgIpc) is 3.65. The van der Waals surface area contributed by atoms with Crippen LogP contribution in [0.15, 0.2) is 94.7 Å². The molecule has 5 heterocycles. The molecule has 2 bridgehead atoms. The molecule has 3 aromatic carbocycles. The molecule has 0 unspecified atom stereocenters. The normalized spacial score (nSPS) is 25.1. The highest BCUT2D eigenvalue weighted by Crippen LogP contribution is 2.63. The van der Waals surface area contributed by atoms with Crippen LogP contribution in [0.4, 0.5) is 5.69 Å². The smallest absolute Gasteiger partial charge is 0.256 e. The predicted octanol–water partition coefficient (Wildman–Crippen LogP) is 6.11. The molecule has 1 aromatic heterocycles. The van der Waals surface area contributed by atoms with Crippen LogP contribution in [0, 0.1) is 17.8 Å². The number of pyridine rings is 1. The molecule has 1 aliphatic carbocycles. The number of nitrogens with zero attached hydrogens (tertiary/aromatic N) is 3. The maximum Gasteiger partial charge on any atom is 0.256 e. The van der Waals surface area contributed by atoms with Crippen molar-refractivity contribution in [1.29, 1.82) is 0 Å². The number of para-hydroxylation sites is 1. The summed E-state index contributed by atoms with van der Waals surface area (Å²) >= 11 is 1.72. The number of aromatic nitrogens is 1. The van der Waals surface area contributed by atoms with Crippen LogP contribution in [-0.4, -0.2) is 40.2 Å². The van der Waals surface area contributed by atoms with E-state index in [4.69, 9.17) is 4.74 Å². The first kappa shape index (κ1) is 28.3. The summed E-state index contributed by atoms with van der Waals surface area (Å²) in [6.45, 7) is 5.59. The maximum atomic E-state index is 14.7. The minimum absolute atomic E-state index is 0.0153. The van der Waals surface area contributed by atoms with Gasteiger partial charge in [0.25, 0.3) is 5.56 Å². The second-order valence-corrected chi connectivity index (χ2v) is 13.9. The summed E-state index contributed by atoms with van der Waals surface area (Å²) in [6.07, 6.45) is 0. The number of rotatable bonds is 6. The fourth-order valence-corrected chi connectivity index (χ4v) is 9.71. The molecule has 5 aliphatic rings. The lowest BCUT2D eigenvalue weighted by molar-refractivity contribution is -0.134.